The van der Waals surface area contributed by atoms with Gasteiger partial charge in [0.05, 0.1) is 22.7 Å². The molecule has 0 amide bonds. The van der Waals surface area contributed by atoms with E-state index in [-0.39, 0.29) is 0 Å². The zero-order valence-corrected chi connectivity index (χ0v) is 17.8. The Hall–Kier alpha value is -4.68. The van der Waals surface area contributed by atoms with Gasteiger partial charge in [-0.05, 0) is 47.0 Å². The van der Waals surface area contributed by atoms with Gasteiger partial charge in [-0.1, -0.05) is 72.8 Å². The van der Waals surface area contributed by atoms with E-state index in [0.29, 0.717) is 5.56 Å². The van der Waals surface area contributed by atoms with Gasteiger partial charge in [-0.15, -0.1) is 0 Å². The first-order valence-corrected chi connectivity index (χ1v) is 10.9. The molecule has 0 aliphatic rings. The summed E-state index contributed by atoms with van der Waals surface area (Å²) in [6.07, 6.45) is 3.43. The van der Waals surface area contributed by atoms with E-state index in [0.717, 1.165) is 27.9 Å². The summed E-state index contributed by atoms with van der Waals surface area (Å²) in [4.78, 5) is 4.28. The maximum absolute atomic E-state index is 9.63. The minimum absolute atomic E-state index is 0.621. The maximum atomic E-state index is 9.63. The summed E-state index contributed by atoms with van der Waals surface area (Å²) in [6, 6.07) is 37.9. The normalized spacial score (nSPS) is 11.0. The number of nitrogens with zero attached hydrogens (tertiary/aromatic N) is 3. The number of fused-ring (bicyclic) bond motifs is 3. The molecule has 0 bridgehead atoms. The second kappa shape index (κ2) is 7.78. The third kappa shape index (κ3) is 3.09. The lowest BCUT2D eigenvalue weighted by atomic mass is 9.93. The fraction of sp³-hybridized carbons (Fsp3) is 0. The van der Waals surface area contributed by atoms with Crippen molar-refractivity contribution < 1.29 is 0 Å². The van der Waals surface area contributed by atoms with Crippen LogP contribution in [0.2, 0.25) is 0 Å². The molecule has 0 saturated carbocycles. The van der Waals surface area contributed by atoms with E-state index in [9.17, 15) is 5.26 Å². The van der Waals surface area contributed by atoms with Crippen LogP contribution in [0.15, 0.2) is 116 Å². The molecule has 3 nitrogen and oxygen atoms in total. The van der Waals surface area contributed by atoms with Gasteiger partial charge in [0.1, 0.15) is 0 Å². The highest BCUT2D eigenvalue weighted by molar-refractivity contribution is 6.09. The van der Waals surface area contributed by atoms with Crippen LogP contribution in [0.5, 0.6) is 0 Å². The molecule has 2 heterocycles. The first-order valence-electron chi connectivity index (χ1n) is 10.9. The van der Waals surface area contributed by atoms with Crippen molar-refractivity contribution in [2.45, 2.75) is 0 Å². The molecular weight excluding hydrogens is 402 g/mol. The van der Waals surface area contributed by atoms with Gasteiger partial charge in [-0.2, -0.15) is 5.26 Å². The van der Waals surface area contributed by atoms with Gasteiger partial charge in [0.25, 0.3) is 0 Å². The van der Waals surface area contributed by atoms with E-state index in [1.165, 1.54) is 21.8 Å². The summed E-state index contributed by atoms with van der Waals surface area (Å²) in [6.45, 7) is 0. The summed E-state index contributed by atoms with van der Waals surface area (Å²) >= 11 is 0. The monoisotopic (exact) mass is 421 g/mol. The number of rotatable bonds is 3. The van der Waals surface area contributed by atoms with Crippen LogP contribution in [0.25, 0.3) is 49.7 Å². The first-order chi connectivity index (χ1) is 16.3. The number of aromatic nitrogens is 2. The van der Waals surface area contributed by atoms with E-state index in [1.807, 2.05) is 12.1 Å². The molecule has 3 heteroatoms. The van der Waals surface area contributed by atoms with E-state index in [4.69, 9.17) is 0 Å². The fourth-order valence-electron chi connectivity index (χ4n) is 4.69. The van der Waals surface area contributed by atoms with Gasteiger partial charge in [0.15, 0.2) is 0 Å². The third-order valence-electron chi connectivity index (χ3n) is 6.15. The molecule has 154 valence electrons. The molecule has 0 saturated heterocycles. The molecule has 0 radical (unpaired) electrons. The Morgan fingerprint density at radius 1 is 0.636 bits per heavy atom. The number of pyridine rings is 1. The lowest BCUT2D eigenvalue weighted by Crippen LogP contribution is -1.95. The standard InChI is InChI=1S/C30H19N3/c31-19-22-16-17-32-20-28(22)25-11-2-1-10-24(25)21-8-7-9-23(18-21)33-29-14-5-3-12-26(29)27-13-4-6-15-30(27)33/h1-18,20H. The second-order valence-corrected chi connectivity index (χ2v) is 8.00. The van der Waals surface area contributed by atoms with Crippen molar-refractivity contribution in [2.24, 2.45) is 0 Å². The highest BCUT2D eigenvalue weighted by Crippen LogP contribution is 2.36. The Kier molecular flexibility index (Phi) is 4.49. The van der Waals surface area contributed by atoms with Gasteiger partial charge in [-0.3, -0.25) is 4.98 Å². The molecule has 33 heavy (non-hydrogen) atoms. The van der Waals surface area contributed by atoms with Crippen molar-refractivity contribution in [3.05, 3.63) is 121 Å². The van der Waals surface area contributed by atoms with Crippen molar-refractivity contribution in [3.8, 4) is 34.0 Å². The van der Waals surface area contributed by atoms with Crippen molar-refractivity contribution >= 4 is 21.8 Å². The van der Waals surface area contributed by atoms with Crippen LogP contribution in [0.4, 0.5) is 0 Å². The minimum Gasteiger partial charge on any atom is -0.309 e. The quantitative estimate of drug-likeness (QED) is 0.299. The molecule has 2 aromatic heterocycles. The summed E-state index contributed by atoms with van der Waals surface area (Å²) in [5, 5.41) is 12.1. The molecule has 0 fully saturated rings. The van der Waals surface area contributed by atoms with Crippen LogP contribution in [0, 0.1) is 11.3 Å². The molecule has 0 aliphatic carbocycles. The Morgan fingerprint density at radius 3 is 2.03 bits per heavy atom. The molecule has 0 N–H and O–H groups in total. The fourth-order valence-corrected chi connectivity index (χ4v) is 4.69. The van der Waals surface area contributed by atoms with Crippen molar-refractivity contribution in [2.75, 3.05) is 0 Å². The Morgan fingerprint density at radius 2 is 1.30 bits per heavy atom. The van der Waals surface area contributed by atoms with Gasteiger partial charge in [-0.25, -0.2) is 0 Å². The summed E-state index contributed by atoms with van der Waals surface area (Å²) in [7, 11) is 0. The second-order valence-electron chi connectivity index (χ2n) is 8.00. The number of hydrogen-bond acceptors (Lipinski definition) is 2. The topological polar surface area (TPSA) is 41.6 Å². The summed E-state index contributed by atoms with van der Waals surface area (Å²) in [5.41, 5.74) is 8.11. The van der Waals surface area contributed by atoms with Gasteiger partial charge in [0.2, 0.25) is 0 Å². The molecule has 0 spiro atoms. The van der Waals surface area contributed by atoms with E-state index in [1.54, 1.807) is 18.5 Å². The van der Waals surface area contributed by atoms with E-state index < -0.39 is 0 Å². The average Bonchev–Trinajstić information content (AvgIpc) is 3.23. The van der Waals surface area contributed by atoms with Crippen LogP contribution in [-0.2, 0) is 0 Å². The minimum atomic E-state index is 0.621. The molecule has 6 rings (SSSR count). The van der Waals surface area contributed by atoms with Crippen LogP contribution >= 0.6 is 0 Å². The summed E-state index contributed by atoms with van der Waals surface area (Å²) in [5.74, 6) is 0. The number of para-hydroxylation sites is 2. The average molecular weight is 422 g/mol. The number of nitriles is 1. The predicted octanol–water partition coefficient (Wildman–Crippen LogP) is 7.38. The highest BCUT2D eigenvalue weighted by atomic mass is 15.0. The molecule has 6 aromatic rings. The smallest absolute Gasteiger partial charge is 0.0999 e. The Bertz CT molecular complexity index is 1630. The van der Waals surface area contributed by atoms with Gasteiger partial charge < -0.3 is 4.57 Å². The lowest BCUT2D eigenvalue weighted by Gasteiger charge is -2.14. The van der Waals surface area contributed by atoms with Gasteiger partial charge in [0, 0.05) is 34.4 Å². The largest absolute Gasteiger partial charge is 0.309 e. The predicted molar refractivity (Wildman–Crippen MR) is 134 cm³/mol. The van der Waals surface area contributed by atoms with Crippen molar-refractivity contribution in [3.63, 3.8) is 0 Å². The Labute approximate surface area is 191 Å². The van der Waals surface area contributed by atoms with Crippen LogP contribution < -0.4 is 0 Å². The SMILES string of the molecule is N#Cc1ccncc1-c1ccccc1-c1cccc(-n2c3ccccc3c3ccccc32)c1. The lowest BCUT2D eigenvalue weighted by molar-refractivity contribution is 1.18. The van der Waals surface area contributed by atoms with Crippen LogP contribution in [0.1, 0.15) is 5.56 Å². The Balaban J connectivity index is 1.59. The highest BCUT2D eigenvalue weighted by Gasteiger charge is 2.14. The number of hydrogen-bond donors (Lipinski definition) is 0. The van der Waals surface area contributed by atoms with E-state index in [2.05, 4.69) is 101 Å². The zero-order valence-electron chi connectivity index (χ0n) is 17.8. The van der Waals surface area contributed by atoms with Gasteiger partial charge >= 0.3 is 0 Å². The zero-order chi connectivity index (χ0) is 22.2. The molecular formula is C30H19N3. The molecule has 0 unspecified atom stereocenters. The van der Waals surface area contributed by atoms with Crippen LogP contribution in [-0.4, -0.2) is 9.55 Å². The molecule has 4 aromatic carbocycles. The third-order valence-corrected chi connectivity index (χ3v) is 6.15. The molecule has 0 aliphatic heterocycles. The number of benzene rings is 4. The van der Waals surface area contributed by atoms with E-state index >= 15 is 0 Å². The first kappa shape index (κ1) is 19.0. The van der Waals surface area contributed by atoms with Crippen LogP contribution in [0.3, 0.4) is 0 Å². The summed E-state index contributed by atoms with van der Waals surface area (Å²) < 4.78 is 2.32. The maximum Gasteiger partial charge on any atom is 0.0999 e. The van der Waals surface area contributed by atoms with Crippen molar-refractivity contribution in [1.29, 1.82) is 5.26 Å². The molecule has 0 atom stereocenters. The van der Waals surface area contributed by atoms with Crippen molar-refractivity contribution in [1.82, 2.24) is 9.55 Å².